The average Bonchev–Trinajstić information content (AvgIpc) is 2.22. The summed E-state index contributed by atoms with van der Waals surface area (Å²) in [5, 5.41) is 2.90. The Morgan fingerprint density at radius 3 is 2.56 bits per heavy atom. The van der Waals surface area contributed by atoms with E-state index in [1.54, 1.807) is 0 Å². The maximum absolute atomic E-state index is 11.5. The summed E-state index contributed by atoms with van der Waals surface area (Å²) >= 11 is 5.07. The molecule has 3 N–H and O–H groups in total. The van der Waals surface area contributed by atoms with Gasteiger partial charge in [0.15, 0.2) is 0 Å². The van der Waals surface area contributed by atoms with Crippen molar-refractivity contribution in [2.45, 2.75) is 18.4 Å². The Labute approximate surface area is 101 Å². The van der Waals surface area contributed by atoms with Crippen molar-refractivity contribution in [2.75, 3.05) is 33.9 Å². The number of rotatable bonds is 4. The standard InChI is InChI=1S/C10H19N3O2S/c1-13-5-3-10(4-6-13,9(11)16)12-8(14)7-15-2/h3-7H2,1-2H3,(H2,11,16)(H,12,14). The molecular formula is C10H19N3O2S. The maximum Gasteiger partial charge on any atom is 0.246 e. The summed E-state index contributed by atoms with van der Waals surface area (Å²) in [6.07, 6.45) is 1.52. The molecule has 1 rings (SSSR count). The van der Waals surface area contributed by atoms with Crippen LogP contribution in [-0.2, 0) is 9.53 Å². The van der Waals surface area contributed by atoms with Crippen molar-refractivity contribution in [3.05, 3.63) is 0 Å². The van der Waals surface area contributed by atoms with Crippen molar-refractivity contribution < 1.29 is 9.53 Å². The number of nitrogens with two attached hydrogens (primary N) is 1. The highest BCUT2D eigenvalue weighted by molar-refractivity contribution is 7.80. The molecule has 0 radical (unpaired) electrons. The van der Waals surface area contributed by atoms with Gasteiger partial charge in [0.2, 0.25) is 5.91 Å². The fourth-order valence-electron chi connectivity index (χ4n) is 1.87. The first-order valence-corrected chi connectivity index (χ1v) is 5.69. The van der Waals surface area contributed by atoms with Gasteiger partial charge in [0.05, 0.1) is 10.5 Å². The molecule has 0 aliphatic carbocycles. The molecule has 0 aromatic carbocycles. The summed E-state index contributed by atoms with van der Waals surface area (Å²) in [6.45, 7) is 1.80. The normalized spacial score (nSPS) is 20.4. The summed E-state index contributed by atoms with van der Waals surface area (Å²) in [5.74, 6) is -0.167. The third kappa shape index (κ3) is 3.13. The van der Waals surface area contributed by atoms with Gasteiger partial charge in [-0.15, -0.1) is 0 Å². The third-order valence-electron chi connectivity index (χ3n) is 2.97. The number of nitrogens with one attached hydrogen (secondary N) is 1. The van der Waals surface area contributed by atoms with Crippen LogP contribution < -0.4 is 11.1 Å². The molecule has 1 aliphatic heterocycles. The van der Waals surface area contributed by atoms with E-state index in [0.717, 1.165) is 25.9 Å². The number of ether oxygens (including phenoxy) is 1. The van der Waals surface area contributed by atoms with Crippen LogP contribution in [0.2, 0.25) is 0 Å². The van der Waals surface area contributed by atoms with E-state index in [1.807, 2.05) is 7.05 Å². The number of carbonyl (C=O) groups is 1. The predicted molar refractivity (Wildman–Crippen MR) is 66.3 cm³/mol. The fourth-order valence-corrected chi connectivity index (χ4v) is 2.12. The first-order valence-electron chi connectivity index (χ1n) is 5.28. The molecule has 16 heavy (non-hydrogen) atoms. The van der Waals surface area contributed by atoms with Crippen molar-refractivity contribution in [3.8, 4) is 0 Å². The largest absolute Gasteiger partial charge is 0.391 e. The minimum absolute atomic E-state index is 0.0419. The molecule has 1 amide bonds. The van der Waals surface area contributed by atoms with Gasteiger partial charge in [-0.3, -0.25) is 4.79 Å². The van der Waals surface area contributed by atoms with E-state index < -0.39 is 5.54 Å². The highest BCUT2D eigenvalue weighted by Gasteiger charge is 2.37. The lowest BCUT2D eigenvalue weighted by molar-refractivity contribution is -0.126. The van der Waals surface area contributed by atoms with Crippen LogP contribution in [0.15, 0.2) is 0 Å². The summed E-state index contributed by atoms with van der Waals surface area (Å²) in [7, 11) is 3.53. The number of hydrogen-bond acceptors (Lipinski definition) is 4. The second kappa shape index (κ2) is 5.56. The van der Waals surface area contributed by atoms with Crippen LogP contribution in [0, 0.1) is 0 Å². The zero-order valence-electron chi connectivity index (χ0n) is 9.78. The number of likely N-dealkylation sites (tertiary alicyclic amines) is 1. The molecule has 1 fully saturated rings. The van der Waals surface area contributed by atoms with E-state index in [-0.39, 0.29) is 12.5 Å². The summed E-state index contributed by atoms with van der Waals surface area (Å²) in [5.41, 5.74) is 5.22. The third-order valence-corrected chi connectivity index (χ3v) is 3.36. The number of amides is 1. The van der Waals surface area contributed by atoms with Gasteiger partial charge in [-0.25, -0.2) is 0 Å². The SMILES string of the molecule is COCC(=O)NC1(C(N)=S)CCN(C)CC1. The van der Waals surface area contributed by atoms with E-state index in [1.165, 1.54) is 7.11 Å². The van der Waals surface area contributed by atoms with E-state index in [2.05, 4.69) is 10.2 Å². The summed E-state index contributed by atoms with van der Waals surface area (Å²) < 4.78 is 4.78. The number of hydrogen-bond donors (Lipinski definition) is 2. The first-order chi connectivity index (χ1) is 7.50. The Balaban J connectivity index is 2.66. The number of piperidine rings is 1. The second-order valence-corrected chi connectivity index (χ2v) is 4.67. The Morgan fingerprint density at radius 1 is 1.56 bits per heavy atom. The van der Waals surface area contributed by atoms with Gasteiger partial charge in [-0.05, 0) is 19.9 Å². The van der Waals surface area contributed by atoms with Crippen molar-refractivity contribution in [3.63, 3.8) is 0 Å². The number of carbonyl (C=O) groups excluding carboxylic acids is 1. The fraction of sp³-hybridized carbons (Fsp3) is 0.800. The van der Waals surface area contributed by atoms with Gasteiger partial charge in [0, 0.05) is 20.2 Å². The lowest BCUT2D eigenvalue weighted by Crippen LogP contribution is -2.61. The highest BCUT2D eigenvalue weighted by Crippen LogP contribution is 2.22. The molecule has 6 heteroatoms. The molecule has 0 saturated carbocycles. The molecule has 0 atom stereocenters. The second-order valence-electron chi connectivity index (χ2n) is 4.23. The van der Waals surface area contributed by atoms with E-state index >= 15 is 0 Å². The Morgan fingerprint density at radius 2 is 2.12 bits per heavy atom. The monoisotopic (exact) mass is 245 g/mol. The molecule has 0 unspecified atom stereocenters. The van der Waals surface area contributed by atoms with Crippen LogP contribution in [-0.4, -0.2) is 55.2 Å². The molecule has 92 valence electrons. The molecule has 1 aliphatic rings. The smallest absolute Gasteiger partial charge is 0.246 e. The van der Waals surface area contributed by atoms with Gasteiger partial charge in [-0.2, -0.15) is 0 Å². The zero-order chi connectivity index (χ0) is 12.2. The van der Waals surface area contributed by atoms with Gasteiger partial charge in [0.25, 0.3) is 0 Å². The predicted octanol–water partition coefficient (Wildman–Crippen LogP) is -0.500. The van der Waals surface area contributed by atoms with Crippen LogP contribution in [0.25, 0.3) is 0 Å². The van der Waals surface area contributed by atoms with E-state index in [0.29, 0.717) is 4.99 Å². The van der Waals surface area contributed by atoms with Crippen LogP contribution >= 0.6 is 12.2 Å². The minimum atomic E-state index is -0.530. The summed E-state index contributed by atoms with van der Waals surface area (Å²) in [6, 6.07) is 0. The number of nitrogens with zero attached hydrogens (tertiary/aromatic N) is 1. The molecule has 5 nitrogen and oxygen atoms in total. The van der Waals surface area contributed by atoms with E-state index in [4.69, 9.17) is 22.7 Å². The highest BCUT2D eigenvalue weighted by atomic mass is 32.1. The quantitative estimate of drug-likeness (QED) is 0.654. The number of thiocarbonyl (C=S) groups is 1. The average molecular weight is 245 g/mol. The minimum Gasteiger partial charge on any atom is -0.391 e. The van der Waals surface area contributed by atoms with Crippen molar-refractivity contribution in [2.24, 2.45) is 5.73 Å². The lowest BCUT2D eigenvalue weighted by atomic mass is 9.87. The molecule has 0 aromatic rings. The van der Waals surface area contributed by atoms with Crippen molar-refractivity contribution in [1.29, 1.82) is 0 Å². The Hall–Kier alpha value is -0.720. The lowest BCUT2D eigenvalue weighted by Gasteiger charge is -2.40. The van der Waals surface area contributed by atoms with Crippen molar-refractivity contribution >= 4 is 23.1 Å². The van der Waals surface area contributed by atoms with Crippen LogP contribution in [0.5, 0.6) is 0 Å². The first kappa shape index (κ1) is 13.3. The van der Waals surface area contributed by atoms with Crippen LogP contribution in [0.4, 0.5) is 0 Å². The molecule has 0 aromatic heterocycles. The molecular weight excluding hydrogens is 226 g/mol. The van der Waals surface area contributed by atoms with Gasteiger partial charge < -0.3 is 20.7 Å². The van der Waals surface area contributed by atoms with Crippen LogP contribution in [0.1, 0.15) is 12.8 Å². The number of methoxy groups -OCH3 is 1. The molecule has 1 heterocycles. The topological polar surface area (TPSA) is 67.6 Å². The van der Waals surface area contributed by atoms with Gasteiger partial charge in [0.1, 0.15) is 6.61 Å². The Kier molecular flexibility index (Phi) is 4.64. The summed E-state index contributed by atoms with van der Waals surface area (Å²) in [4.78, 5) is 14.1. The van der Waals surface area contributed by atoms with Crippen LogP contribution in [0.3, 0.4) is 0 Å². The van der Waals surface area contributed by atoms with Crippen molar-refractivity contribution in [1.82, 2.24) is 10.2 Å². The van der Waals surface area contributed by atoms with Gasteiger partial charge >= 0.3 is 0 Å². The van der Waals surface area contributed by atoms with E-state index in [9.17, 15) is 4.79 Å². The molecule has 0 spiro atoms. The zero-order valence-corrected chi connectivity index (χ0v) is 10.6. The molecule has 1 saturated heterocycles. The molecule has 0 bridgehead atoms. The van der Waals surface area contributed by atoms with Gasteiger partial charge in [-0.1, -0.05) is 12.2 Å². The Bertz CT molecular complexity index is 275. The maximum atomic E-state index is 11.5.